The highest BCUT2D eigenvalue weighted by molar-refractivity contribution is 5.72. The Kier molecular flexibility index (Phi) is 4.94. The molecule has 0 N–H and O–H groups in total. The standard InChI is InChI=1S/C24H24N4O3/c1-31-20-13-7-8-17(14-20)15-26-16-25-22-21(26)23(29)28(19-11-5-6-12-19)24(30)27(22)18-9-3-2-4-10-18/h2-4,7-10,13-14,16,19H,5-6,11-12,15H2,1H3. The number of hydrogen-bond donors (Lipinski definition) is 0. The van der Waals surface area contributed by atoms with Crippen LogP contribution in [0.5, 0.6) is 5.75 Å². The molecule has 2 aromatic heterocycles. The maximum Gasteiger partial charge on any atom is 0.337 e. The van der Waals surface area contributed by atoms with E-state index in [2.05, 4.69) is 4.98 Å². The number of ether oxygens (including phenoxy) is 1. The van der Waals surface area contributed by atoms with Crippen molar-refractivity contribution in [3.8, 4) is 11.4 Å². The second-order valence-corrected chi connectivity index (χ2v) is 7.96. The van der Waals surface area contributed by atoms with E-state index in [1.54, 1.807) is 18.0 Å². The molecule has 1 aliphatic carbocycles. The van der Waals surface area contributed by atoms with Crippen molar-refractivity contribution in [2.24, 2.45) is 0 Å². The molecule has 158 valence electrons. The van der Waals surface area contributed by atoms with Crippen LogP contribution in [0.4, 0.5) is 0 Å². The monoisotopic (exact) mass is 416 g/mol. The highest BCUT2D eigenvalue weighted by Gasteiger charge is 2.26. The lowest BCUT2D eigenvalue weighted by Gasteiger charge is -2.17. The zero-order valence-corrected chi connectivity index (χ0v) is 17.4. The predicted molar refractivity (Wildman–Crippen MR) is 119 cm³/mol. The Morgan fingerprint density at radius 1 is 1.03 bits per heavy atom. The van der Waals surface area contributed by atoms with Gasteiger partial charge in [0.2, 0.25) is 0 Å². The minimum Gasteiger partial charge on any atom is -0.497 e. The Balaban J connectivity index is 1.75. The van der Waals surface area contributed by atoms with Gasteiger partial charge < -0.3 is 9.30 Å². The molecule has 1 aliphatic rings. The molecule has 5 rings (SSSR count). The molecule has 0 atom stereocenters. The molecule has 0 bridgehead atoms. The second-order valence-electron chi connectivity index (χ2n) is 7.96. The molecular weight excluding hydrogens is 392 g/mol. The van der Waals surface area contributed by atoms with Crippen LogP contribution < -0.4 is 16.0 Å². The van der Waals surface area contributed by atoms with Gasteiger partial charge in [0.05, 0.1) is 19.1 Å². The molecule has 0 radical (unpaired) electrons. The SMILES string of the molecule is COc1cccc(Cn2cnc3c2c(=O)n(C2CCCC2)c(=O)n3-c2ccccc2)c1. The van der Waals surface area contributed by atoms with Crippen LogP contribution in [0.25, 0.3) is 16.9 Å². The minimum absolute atomic E-state index is 0.0699. The van der Waals surface area contributed by atoms with Gasteiger partial charge in [-0.1, -0.05) is 43.2 Å². The lowest BCUT2D eigenvalue weighted by molar-refractivity contribution is 0.414. The Bertz CT molecular complexity index is 1350. The van der Waals surface area contributed by atoms with Crippen LogP contribution >= 0.6 is 0 Å². The first-order valence-corrected chi connectivity index (χ1v) is 10.6. The van der Waals surface area contributed by atoms with E-state index in [1.165, 1.54) is 4.57 Å². The molecule has 2 aromatic carbocycles. The van der Waals surface area contributed by atoms with Gasteiger partial charge in [0.15, 0.2) is 11.2 Å². The number of nitrogens with zero attached hydrogens (tertiary/aromatic N) is 4. The molecule has 0 saturated heterocycles. The molecular formula is C24H24N4O3. The van der Waals surface area contributed by atoms with Crippen molar-refractivity contribution >= 4 is 11.2 Å². The normalized spacial score (nSPS) is 14.4. The average molecular weight is 416 g/mol. The number of hydrogen-bond acceptors (Lipinski definition) is 4. The fourth-order valence-corrected chi connectivity index (χ4v) is 4.53. The zero-order valence-electron chi connectivity index (χ0n) is 17.4. The van der Waals surface area contributed by atoms with Crippen LogP contribution in [-0.2, 0) is 6.54 Å². The highest BCUT2D eigenvalue weighted by atomic mass is 16.5. The van der Waals surface area contributed by atoms with Crippen LogP contribution in [-0.4, -0.2) is 25.8 Å². The Morgan fingerprint density at radius 2 is 1.81 bits per heavy atom. The second kappa shape index (κ2) is 7.91. The van der Waals surface area contributed by atoms with Gasteiger partial charge in [-0.2, -0.15) is 0 Å². The van der Waals surface area contributed by atoms with Crippen LogP contribution in [0.2, 0.25) is 0 Å². The van der Waals surface area contributed by atoms with E-state index >= 15 is 0 Å². The van der Waals surface area contributed by atoms with Crippen molar-refractivity contribution in [2.75, 3.05) is 7.11 Å². The molecule has 1 saturated carbocycles. The first-order valence-electron chi connectivity index (χ1n) is 10.6. The number of fused-ring (bicyclic) bond motifs is 1. The zero-order chi connectivity index (χ0) is 21.4. The van der Waals surface area contributed by atoms with Gasteiger partial charge in [-0.05, 0) is 42.7 Å². The maximum atomic E-state index is 13.6. The van der Waals surface area contributed by atoms with Gasteiger partial charge in [-0.3, -0.25) is 9.36 Å². The fraction of sp³-hybridized carbons (Fsp3) is 0.292. The van der Waals surface area contributed by atoms with E-state index in [1.807, 2.05) is 59.2 Å². The Morgan fingerprint density at radius 3 is 2.55 bits per heavy atom. The van der Waals surface area contributed by atoms with E-state index in [0.29, 0.717) is 23.4 Å². The summed E-state index contributed by atoms with van der Waals surface area (Å²) < 4.78 is 10.2. The first kappa shape index (κ1) is 19.4. The first-order chi connectivity index (χ1) is 15.2. The molecule has 4 aromatic rings. The summed E-state index contributed by atoms with van der Waals surface area (Å²) in [6.07, 6.45) is 5.40. The molecule has 31 heavy (non-hydrogen) atoms. The molecule has 1 fully saturated rings. The van der Waals surface area contributed by atoms with Crippen LogP contribution in [0, 0.1) is 0 Å². The molecule has 7 heteroatoms. The van der Waals surface area contributed by atoms with Crippen molar-refractivity contribution in [2.45, 2.75) is 38.3 Å². The summed E-state index contributed by atoms with van der Waals surface area (Å²) in [5.74, 6) is 0.756. The number of imidazole rings is 1. The van der Waals surface area contributed by atoms with Crippen molar-refractivity contribution in [1.29, 1.82) is 0 Å². The summed E-state index contributed by atoms with van der Waals surface area (Å²) in [5.41, 5.74) is 1.94. The maximum absolute atomic E-state index is 13.6. The third-order valence-electron chi connectivity index (χ3n) is 6.04. The number of benzene rings is 2. The summed E-state index contributed by atoms with van der Waals surface area (Å²) in [5, 5.41) is 0. The van der Waals surface area contributed by atoms with E-state index in [4.69, 9.17) is 4.74 Å². The van der Waals surface area contributed by atoms with Crippen molar-refractivity contribution < 1.29 is 4.74 Å². The largest absolute Gasteiger partial charge is 0.497 e. The lowest BCUT2D eigenvalue weighted by Crippen LogP contribution is -2.41. The van der Waals surface area contributed by atoms with Crippen LogP contribution in [0.15, 0.2) is 70.5 Å². The predicted octanol–water partition coefficient (Wildman–Crippen LogP) is 3.52. The Labute approximate surface area is 179 Å². The number of rotatable bonds is 5. The molecule has 7 nitrogen and oxygen atoms in total. The van der Waals surface area contributed by atoms with E-state index in [9.17, 15) is 9.59 Å². The molecule has 0 aliphatic heterocycles. The average Bonchev–Trinajstić information content (AvgIpc) is 3.46. The summed E-state index contributed by atoms with van der Waals surface area (Å²) in [4.78, 5) is 31.6. The fourth-order valence-electron chi connectivity index (χ4n) is 4.53. The summed E-state index contributed by atoms with van der Waals surface area (Å²) in [7, 11) is 1.63. The molecule has 0 spiro atoms. The smallest absolute Gasteiger partial charge is 0.337 e. The molecule has 0 amide bonds. The number of methoxy groups -OCH3 is 1. The van der Waals surface area contributed by atoms with Crippen LogP contribution in [0.3, 0.4) is 0 Å². The molecule has 2 heterocycles. The summed E-state index contributed by atoms with van der Waals surface area (Å²) in [6.45, 7) is 0.459. The van der Waals surface area contributed by atoms with Gasteiger partial charge in [-0.25, -0.2) is 14.3 Å². The van der Waals surface area contributed by atoms with Gasteiger partial charge in [0, 0.05) is 12.6 Å². The van der Waals surface area contributed by atoms with Gasteiger partial charge in [-0.15, -0.1) is 0 Å². The number of aromatic nitrogens is 4. The molecule has 0 unspecified atom stereocenters. The Hall–Kier alpha value is -3.61. The van der Waals surface area contributed by atoms with E-state index < -0.39 is 0 Å². The minimum atomic E-state index is -0.317. The highest BCUT2D eigenvalue weighted by Crippen LogP contribution is 2.28. The van der Waals surface area contributed by atoms with E-state index in [-0.39, 0.29) is 17.3 Å². The number of para-hydroxylation sites is 1. The van der Waals surface area contributed by atoms with Crippen molar-refractivity contribution in [1.82, 2.24) is 18.7 Å². The van der Waals surface area contributed by atoms with E-state index in [0.717, 1.165) is 37.0 Å². The topological polar surface area (TPSA) is 71.1 Å². The van der Waals surface area contributed by atoms with Gasteiger partial charge >= 0.3 is 5.69 Å². The third kappa shape index (κ3) is 3.36. The summed E-state index contributed by atoms with van der Waals surface area (Å²) in [6, 6.07) is 17.1. The third-order valence-corrected chi connectivity index (χ3v) is 6.04. The van der Waals surface area contributed by atoms with Crippen molar-refractivity contribution in [3.05, 3.63) is 87.3 Å². The van der Waals surface area contributed by atoms with Crippen molar-refractivity contribution in [3.63, 3.8) is 0 Å². The summed E-state index contributed by atoms with van der Waals surface area (Å²) >= 11 is 0. The lowest BCUT2D eigenvalue weighted by atomic mass is 10.2. The van der Waals surface area contributed by atoms with Gasteiger partial charge in [0.25, 0.3) is 5.56 Å². The quantitative estimate of drug-likeness (QED) is 0.499. The van der Waals surface area contributed by atoms with Gasteiger partial charge in [0.1, 0.15) is 5.75 Å². The van der Waals surface area contributed by atoms with Crippen LogP contribution in [0.1, 0.15) is 37.3 Å².